The summed E-state index contributed by atoms with van der Waals surface area (Å²) in [4.78, 5) is 0. The summed E-state index contributed by atoms with van der Waals surface area (Å²) in [5, 5.41) is 17.6. The average molecular weight is 268 g/mol. The van der Waals surface area contributed by atoms with Gasteiger partial charge in [0.2, 0.25) is 0 Å². The minimum Gasteiger partial charge on any atom is -0.492 e. The van der Waals surface area contributed by atoms with Crippen LogP contribution in [0.3, 0.4) is 0 Å². The summed E-state index contributed by atoms with van der Waals surface area (Å²) in [6.45, 7) is 1.83. The van der Waals surface area contributed by atoms with Crippen LogP contribution in [0.1, 0.15) is 12.5 Å². The molecule has 1 aromatic rings. The standard InChI is InChI=1S/C9H9BClF3O3/c1-2-17-8-4-6(10(15)16)5(3-7(8)11)9(12,13)14/h3-4,15-16H,2H2,1H3. The molecule has 94 valence electrons. The second-order valence-corrected chi connectivity index (χ2v) is 3.58. The van der Waals surface area contributed by atoms with Crippen molar-refractivity contribution in [1.82, 2.24) is 0 Å². The second kappa shape index (κ2) is 5.16. The number of hydrogen-bond acceptors (Lipinski definition) is 3. The summed E-state index contributed by atoms with van der Waals surface area (Å²) in [6.07, 6.45) is -4.71. The lowest BCUT2D eigenvalue weighted by molar-refractivity contribution is -0.136. The van der Waals surface area contributed by atoms with E-state index in [1.54, 1.807) is 6.92 Å². The van der Waals surface area contributed by atoms with Crippen LogP contribution in [0.15, 0.2) is 12.1 Å². The van der Waals surface area contributed by atoms with Gasteiger partial charge in [0.25, 0.3) is 0 Å². The molecule has 0 atom stereocenters. The van der Waals surface area contributed by atoms with Crippen molar-refractivity contribution in [3.05, 3.63) is 22.7 Å². The number of benzene rings is 1. The third-order valence-electron chi connectivity index (χ3n) is 1.99. The van der Waals surface area contributed by atoms with E-state index in [0.29, 0.717) is 6.07 Å². The van der Waals surface area contributed by atoms with Gasteiger partial charge >= 0.3 is 13.3 Å². The predicted molar refractivity (Wildman–Crippen MR) is 57.4 cm³/mol. The van der Waals surface area contributed by atoms with E-state index in [1.165, 1.54) is 0 Å². The van der Waals surface area contributed by atoms with Gasteiger partial charge in [-0.05, 0) is 24.5 Å². The van der Waals surface area contributed by atoms with Crippen molar-refractivity contribution < 1.29 is 28.0 Å². The Hall–Kier alpha value is -0.915. The van der Waals surface area contributed by atoms with Crippen LogP contribution in [0.2, 0.25) is 5.02 Å². The highest BCUT2D eigenvalue weighted by Gasteiger charge is 2.37. The summed E-state index contributed by atoms with van der Waals surface area (Å²) < 4.78 is 42.7. The van der Waals surface area contributed by atoms with Crippen LogP contribution in [0.4, 0.5) is 13.2 Å². The fraction of sp³-hybridized carbons (Fsp3) is 0.333. The second-order valence-electron chi connectivity index (χ2n) is 3.17. The Kier molecular flexibility index (Phi) is 4.29. The first-order chi connectivity index (χ1) is 7.77. The lowest BCUT2D eigenvalue weighted by Gasteiger charge is -2.15. The van der Waals surface area contributed by atoms with E-state index in [0.717, 1.165) is 6.07 Å². The van der Waals surface area contributed by atoms with Gasteiger partial charge < -0.3 is 14.8 Å². The molecule has 3 nitrogen and oxygen atoms in total. The van der Waals surface area contributed by atoms with Crippen LogP contribution in [0.5, 0.6) is 5.75 Å². The first-order valence-corrected chi connectivity index (χ1v) is 5.04. The van der Waals surface area contributed by atoms with Crippen molar-refractivity contribution >= 4 is 24.2 Å². The zero-order valence-corrected chi connectivity index (χ0v) is 9.51. The molecule has 0 amide bonds. The van der Waals surface area contributed by atoms with Crippen LogP contribution in [-0.4, -0.2) is 23.8 Å². The Balaban J connectivity index is 3.36. The number of halogens is 4. The summed E-state index contributed by atoms with van der Waals surface area (Å²) in [7, 11) is -2.25. The molecule has 0 heterocycles. The number of ether oxygens (including phenoxy) is 1. The Morgan fingerprint density at radius 1 is 1.35 bits per heavy atom. The highest BCUT2D eigenvalue weighted by molar-refractivity contribution is 6.59. The Morgan fingerprint density at radius 3 is 2.35 bits per heavy atom. The van der Waals surface area contributed by atoms with Crippen molar-refractivity contribution in [3.8, 4) is 5.75 Å². The summed E-state index contributed by atoms with van der Waals surface area (Å²) in [5.41, 5.74) is -1.88. The highest BCUT2D eigenvalue weighted by Crippen LogP contribution is 2.33. The predicted octanol–water partition coefficient (Wildman–Crippen LogP) is 1.44. The largest absolute Gasteiger partial charge is 0.492 e. The zero-order chi connectivity index (χ0) is 13.2. The molecule has 0 spiro atoms. The molecule has 1 aromatic carbocycles. The van der Waals surface area contributed by atoms with Crippen LogP contribution in [0, 0.1) is 0 Å². The van der Waals surface area contributed by atoms with Crippen molar-refractivity contribution in [2.45, 2.75) is 13.1 Å². The maximum atomic E-state index is 12.6. The number of alkyl halides is 3. The molecule has 2 N–H and O–H groups in total. The molecule has 0 aromatic heterocycles. The first kappa shape index (κ1) is 14.1. The van der Waals surface area contributed by atoms with Crippen LogP contribution in [0.25, 0.3) is 0 Å². The summed E-state index contributed by atoms with van der Waals surface area (Å²) >= 11 is 5.60. The molecular weight excluding hydrogens is 259 g/mol. The van der Waals surface area contributed by atoms with Gasteiger partial charge in [0.1, 0.15) is 5.75 Å². The average Bonchev–Trinajstić information content (AvgIpc) is 2.19. The van der Waals surface area contributed by atoms with E-state index < -0.39 is 24.3 Å². The molecule has 8 heteroatoms. The molecule has 0 radical (unpaired) electrons. The van der Waals surface area contributed by atoms with Crippen LogP contribution in [-0.2, 0) is 6.18 Å². The minimum absolute atomic E-state index is 0.0229. The van der Waals surface area contributed by atoms with Gasteiger partial charge in [0.05, 0.1) is 17.2 Å². The zero-order valence-electron chi connectivity index (χ0n) is 8.75. The lowest BCUT2D eigenvalue weighted by atomic mass is 9.76. The van der Waals surface area contributed by atoms with E-state index in [1.807, 2.05) is 0 Å². The first-order valence-electron chi connectivity index (χ1n) is 4.67. The number of rotatable bonds is 3. The Labute approximate surface area is 101 Å². The van der Waals surface area contributed by atoms with Gasteiger partial charge in [-0.1, -0.05) is 11.6 Å². The molecule has 1 rings (SSSR count). The van der Waals surface area contributed by atoms with E-state index in [-0.39, 0.29) is 17.4 Å². The lowest BCUT2D eigenvalue weighted by Crippen LogP contribution is -2.36. The van der Waals surface area contributed by atoms with Crippen molar-refractivity contribution in [1.29, 1.82) is 0 Å². The quantitative estimate of drug-likeness (QED) is 0.816. The van der Waals surface area contributed by atoms with Gasteiger partial charge in [0.15, 0.2) is 0 Å². The molecule has 0 fully saturated rings. The normalized spacial score (nSPS) is 11.5. The summed E-state index contributed by atoms with van der Waals surface area (Å²) in [5.74, 6) is -0.0229. The molecule has 0 saturated heterocycles. The molecular formula is C9H9BClF3O3. The molecule has 0 saturated carbocycles. The Morgan fingerprint density at radius 2 is 1.94 bits per heavy atom. The van der Waals surface area contributed by atoms with Gasteiger partial charge in [0, 0.05) is 0 Å². The maximum Gasteiger partial charge on any atom is 0.489 e. The third kappa shape index (κ3) is 3.27. The van der Waals surface area contributed by atoms with E-state index in [4.69, 9.17) is 26.4 Å². The monoisotopic (exact) mass is 268 g/mol. The SMILES string of the molecule is CCOc1cc(B(O)O)c(C(F)(F)F)cc1Cl. The fourth-order valence-electron chi connectivity index (χ4n) is 1.29. The fourth-order valence-corrected chi connectivity index (χ4v) is 1.51. The van der Waals surface area contributed by atoms with E-state index in [9.17, 15) is 13.2 Å². The van der Waals surface area contributed by atoms with Crippen LogP contribution >= 0.6 is 11.6 Å². The van der Waals surface area contributed by atoms with Crippen LogP contribution < -0.4 is 10.2 Å². The Bertz CT molecular complexity index is 409. The molecule has 0 aliphatic heterocycles. The molecule has 0 bridgehead atoms. The van der Waals surface area contributed by atoms with Gasteiger partial charge in [-0.25, -0.2) is 0 Å². The van der Waals surface area contributed by atoms with Crippen molar-refractivity contribution in [2.24, 2.45) is 0 Å². The smallest absolute Gasteiger partial charge is 0.489 e. The van der Waals surface area contributed by atoms with E-state index in [2.05, 4.69) is 0 Å². The van der Waals surface area contributed by atoms with Crippen molar-refractivity contribution in [3.63, 3.8) is 0 Å². The highest BCUT2D eigenvalue weighted by atomic mass is 35.5. The van der Waals surface area contributed by atoms with Crippen molar-refractivity contribution in [2.75, 3.05) is 6.61 Å². The molecule has 0 unspecified atom stereocenters. The molecule has 17 heavy (non-hydrogen) atoms. The molecule has 0 aliphatic carbocycles. The van der Waals surface area contributed by atoms with E-state index >= 15 is 0 Å². The molecule has 0 aliphatic rings. The third-order valence-corrected chi connectivity index (χ3v) is 2.28. The summed E-state index contributed by atoms with van der Waals surface area (Å²) in [6, 6.07) is 1.49. The van der Waals surface area contributed by atoms with Gasteiger partial charge in [-0.2, -0.15) is 13.2 Å². The minimum atomic E-state index is -4.71. The number of hydrogen-bond donors (Lipinski definition) is 2. The van der Waals surface area contributed by atoms with Gasteiger partial charge in [-0.15, -0.1) is 0 Å². The maximum absolute atomic E-state index is 12.6. The topological polar surface area (TPSA) is 49.7 Å². The van der Waals surface area contributed by atoms with Gasteiger partial charge in [-0.3, -0.25) is 0 Å².